The summed E-state index contributed by atoms with van der Waals surface area (Å²) in [5, 5.41) is 6.60. The lowest BCUT2D eigenvalue weighted by molar-refractivity contribution is 0.0979. The lowest BCUT2D eigenvalue weighted by Gasteiger charge is -2.21. The first-order valence-corrected chi connectivity index (χ1v) is 8.26. The van der Waals surface area contributed by atoms with Gasteiger partial charge in [0.1, 0.15) is 0 Å². The SMILES string of the molecule is CC(C)CNC(=S)Nc1cccc2c1C(=O)c1ccccc1C2=O. The smallest absolute Gasteiger partial charge is 0.196 e. The van der Waals surface area contributed by atoms with Gasteiger partial charge in [-0.1, -0.05) is 50.2 Å². The van der Waals surface area contributed by atoms with Crippen molar-refractivity contribution in [3.8, 4) is 0 Å². The molecule has 2 aromatic carbocycles. The second kappa shape index (κ2) is 6.53. The van der Waals surface area contributed by atoms with Crippen LogP contribution in [-0.2, 0) is 0 Å². The number of benzene rings is 2. The van der Waals surface area contributed by atoms with Crippen LogP contribution >= 0.6 is 12.2 Å². The highest BCUT2D eigenvalue weighted by Gasteiger charge is 2.31. The standard InChI is InChI=1S/C19H18N2O2S/c1-11(2)10-20-19(24)21-15-9-5-8-14-16(15)18(23)13-7-4-3-6-12(13)17(14)22/h3-9,11H,10H2,1-2H3,(H2,20,21,24). The van der Waals surface area contributed by atoms with Gasteiger partial charge in [0.25, 0.3) is 0 Å². The summed E-state index contributed by atoms with van der Waals surface area (Å²) in [4.78, 5) is 25.5. The van der Waals surface area contributed by atoms with E-state index in [1.165, 1.54) is 0 Å². The van der Waals surface area contributed by atoms with E-state index in [1.807, 2.05) is 0 Å². The van der Waals surface area contributed by atoms with E-state index in [2.05, 4.69) is 24.5 Å². The summed E-state index contributed by atoms with van der Waals surface area (Å²) in [6.07, 6.45) is 0. The second-order valence-electron chi connectivity index (χ2n) is 6.16. The molecule has 2 N–H and O–H groups in total. The summed E-state index contributed by atoms with van der Waals surface area (Å²) >= 11 is 5.29. The minimum atomic E-state index is -0.157. The van der Waals surface area contributed by atoms with Gasteiger partial charge in [0.15, 0.2) is 16.7 Å². The summed E-state index contributed by atoms with van der Waals surface area (Å²) in [6, 6.07) is 12.1. The molecule has 0 amide bonds. The van der Waals surface area contributed by atoms with Crippen LogP contribution in [0.1, 0.15) is 45.7 Å². The van der Waals surface area contributed by atoms with Crippen LogP contribution in [0.5, 0.6) is 0 Å². The van der Waals surface area contributed by atoms with Crippen LogP contribution in [0.4, 0.5) is 5.69 Å². The Labute approximate surface area is 146 Å². The topological polar surface area (TPSA) is 58.2 Å². The normalized spacial score (nSPS) is 12.6. The molecule has 0 unspecified atom stereocenters. The maximum Gasteiger partial charge on any atom is 0.196 e. The summed E-state index contributed by atoms with van der Waals surface area (Å²) in [7, 11) is 0. The van der Waals surface area contributed by atoms with Gasteiger partial charge >= 0.3 is 0 Å². The summed E-state index contributed by atoms with van der Waals surface area (Å²) in [5.74, 6) is 0.157. The summed E-state index contributed by atoms with van der Waals surface area (Å²) in [5.41, 5.74) is 2.24. The van der Waals surface area contributed by atoms with Gasteiger partial charge in [-0.3, -0.25) is 9.59 Å². The molecule has 1 aliphatic carbocycles. The van der Waals surface area contributed by atoms with Gasteiger partial charge in [0.2, 0.25) is 0 Å². The summed E-state index contributed by atoms with van der Waals surface area (Å²) in [6.45, 7) is 4.90. The molecule has 0 saturated carbocycles. The molecule has 1 aliphatic rings. The van der Waals surface area contributed by atoms with Crippen molar-refractivity contribution in [1.29, 1.82) is 0 Å². The highest BCUT2D eigenvalue weighted by atomic mass is 32.1. The van der Waals surface area contributed by atoms with Gasteiger partial charge in [0.05, 0.1) is 11.3 Å². The third-order valence-electron chi connectivity index (χ3n) is 3.87. The lowest BCUT2D eigenvalue weighted by atomic mass is 9.83. The van der Waals surface area contributed by atoms with Gasteiger partial charge in [0, 0.05) is 23.2 Å². The zero-order valence-electron chi connectivity index (χ0n) is 13.6. The fourth-order valence-electron chi connectivity index (χ4n) is 2.71. The Balaban J connectivity index is 1.97. The Hall–Kier alpha value is -2.53. The van der Waals surface area contributed by atoms with Crippen molar-refractivity contribution < 1.29 is 9.59 Å². The number of carbonyl (C=O) groups excluding carboxylic acids is 2. The molecule has 0 spiro atoms. The minimum absolute atomic E-state index is 0.134. The molecule has 0 aromatic heterocycles. The van der Waals surface area contributed by atoms with Gasteiger partial charge in [-0.25, -0.2) is 0 Å². The molecule has 122 valence electrons. The van der Waals surface area contributed by atoms with Gasteiger partial charge in [-0.05, 0) is 24.2 Å². The fraction of sp³-hybridized carbons (Fsp3) is 0.211. The quantitative estimate of drug-likeness (QED) is 0.717. The third-order valence-corrected chi connectivity index (χ3v) is 4.12. The molecule has 24 heavy (non-hydrogen) atoms. The van der Waals surface area contributed by atoms with Gasteiger partial charge in [-0.15, -0.1) is 0 Å². The van der Waals surface area contributed by atoms with Crippen molar-refractivity contribution in [3.63, 3.8) is 0 Å². The Morgan fingerprint density at radius 3 is 2.25 bits per heavy atom. The minimum Gasteiger partial charge on any atom is -0.362 e. The molecule has 2 aromatic rings. The number of nitrogens with one attached hydrogen (secondary N) is 2. The highest BCUT2D eigenvalue weighted by Crippen LogP contribution is 2.31. The molecular weight excluding hydrogens is 320 g/mol. The van der Waals surface area contributed by atoms with Crippen molar-refractivity contribution >= 4 is 34.6 Å². The molecule has 0 heterocycles. The van der Waals surface area contributed by atoms with Crippen LogP contribution in [0.3, 0.4) is 0 Å². The largest absolute Gasteiger partial charge is 0.362 e. The average Bonchev–Trinajstić information content (AvgIpc) is 2.58. The van der Waals surface area contributed by atoms with Crippen molar-refractivity contribution in [1.82, 2.24) is 5.32 Å². The van der Waals surface area contributed by atoms with E-state index in [4.69, 9.17) is 12.2 Å². The lowest BCUT2D eigenvalue weighted by Crippen LogP contribution is -2.32. The number of thiocarbonyl (C=S) groups is 1. The van der Waals surface area contributed by atoms with Crippen molar-refractivity contribution in [2.24, 2.45) is 5.92 Å². The molecule has 0 aliphatic heterocycles. The van der Waals surface area contributed by atoms with E-state index in [0.29, 0.717) is 39.0 Å². The molecule has 0 saturated heterocycles. The van der Waals surface area contributed by atoms with Crippen LogP contribution in [0, 0.1) is 5.92 Å². The van der Waals surface area contributed by atoms with E-state index in [1.54, 1.807) is 42.5 Å². The van der Waals surface area contributed by atoms with Crippen molar-refractivity contribution in [2.75, 3.05) is 11.9 Å². The Morgan fingerprint density at radius 2 is 1.58 bits per heavy atom. The van der Waals surface area contributed by atoms with Gasteiger partial charge in [-0.2, -0.15) is 0 Å². The van der Waals surface area contributed by atoms with Crippen LogP contribution in [0.2, 0.25) is 0 Å². The maximum absolute atomic E-state index is 12.9. The fourth-order valence-corrected chi connectivity index (χ4v) is 2.91. The Bertz CT molecular complexity index is 843. The molecular formula is C19H18N2O2S. The van der Waals surface area contributed by atoms with E-state index < -0.39 is 0 Å². The van der Waals surface area contributed by atoms with Crippen LogP contribution in [-0.4, -0.2) is 23.2 Å². The molecule has 0 bridgehead atoms. The first kappa shape index (κ1) is 16.3. The number of hydrogen-bond acceptors (Lipinski definition) is 3. The number of carbonyl (C=O) groups is 2. The zero-order valence-corrected chi connectivity index (χ0v) is 14.4. The van der Waals surface area contributed by atoms with Crippen LogP contribution < -0.4 is 10.6 Å². The summed E-state index contributed by atoms with van der Waals surface area (Å²) < 4.78 is 0. The number of hydrogen-bond donors (Lipinski definition) is 2. The monoisotopic (exact) mass is 338 g/mol. The highest BCUT2D eigenvalue weighted by molar-refractivity contribution is 7.80. The van der Waals surface area contributed by atoms with Crippen molar-refractivity contribution in [2.45, 2.75) is 13.8 Å². The van der Waals surface area contributed by atoms with E-state index in [0.717, 1.165) is 6.54 Å². The average molecular weight is 338 g/mol. The first-order chi connectivity index (χ1) is 11.5. The van der Waals surface area contributed by atoms with Crippen LogP contribution in [0.25, 0.3) is 0 Å². The molecule has 0 radical (unpaired) electrons. The number of anilines is 1. The van der Waals surface area contributed by atoms with Gasteiger partial charge < -0.3 is 10.6 Å². The molecule has 3 rings (SSSR count). The molecule has 4 nitrogen and oxygen atoms in total. The number of fused-ring (bicyclic) bond motifs is 2. The van der Waals surface area contributed by atoms with E-state index in [-0.39, 0.29) is 11.6 Å². The molecule has 5 heteroatoms. The maximum atomic E-state index is 12.9. The van der Waals surface area contributed by atoms with E-state index in [9.17, 15) is 9.59 Å². The van der Waals surface area contributed by atoms with Crippen molar-refractivity contribution in [3.05, 3.63) is 64.7 Å². The van der Waals surface area contributed by atoms with E-state index >= 15 is 0 Å². The predicted molar refractivity (Wildman–Crippen MR) is 98.8 cm³/mol. The Morgan fingerprint density at radius 1 is 0.958 bits per heavy atom. The number of ketones is 2. The molecule has 0 atom stereocenters. The first-order valence-electron chi connectivity index (χ1n) is 7.85. The predicted octanol–water partition coefficient (Wildman–Crippen LogP) is 3.40. The second-order valence-corrected chi connectivity index (χ2v) is 6.57. The third kappa shape index (κ3) is 2.95. The van der Waals surface area contributed by atoms with Crippen LogP contribution in [0.15, 0.2) is 42.5 Å². The Kier molecular flexibility index (Phi) is 4.44. The molecule has 0 fully saturated rings. The zero-order chi connectivity index (χ0) is 17.3. The number of rotatable bonds is 3.